The molecule has 0 fully saturated rings. The second-order valence-electron chi connectivity index (χ2n) is 8.39. The molecule has 5 aromatic rings. The molecule has 0 spiro atoms. The summed E-state index contributed by atoms with van der Waals surface area (Å²) in [5, 5.41) is 6.15. The number of hydrogen-bond donors (Lipinski definition) is 3. The summed E-state index contributed by atoms with van der Waals surface area (Å²) in [6.07, 6.45) is 1.37. The minimum atomic E-state index is -3.89. The molecule has 0 aliphatic heterocycles. The Labute approximate surface area is 224 Å². The molecule has 2 aromatic heterocycles. The first-order valence-electron chi connectivity index (χ1n) is 11.5. The molecular weight excluding hydrogens is 522 g/mol. The van der Waals surface area contributed by atoms with Crippen LogP contribution >= 0.6 is 12.2 Å². The Bertz CT molecular complexity index is 1810. The third kappa shape index (κ3) is 4.99. The van der Waals surface area contributed by atoms with Crippen LogP contribution in [-0.4, -0.2) is 32.9 Å². The number of sulfonamides is 1. The van der Waals surface area contributed by atoms with Crippen LogP contribution in [-0.2, 0) is 17.1 Å². The van der Waals surface area contributed by atoms with E-state index in [0.717, 1.165) is 5.69 Å². The number of benzene rings is 3. The van der Waals surface area contributed by atoms with Gasteiger partial charge < -0.3 is 10.6 Å². The van der Waals surface area contributed by atoms with Gasteiger partial charge in [-0.2, -0.15) is 0 Å². The van der Waals surface area contributed by atoms with Crippen LogP contribution < -0.4 is 20.9 Å². The second-order valence-corrected chi connectivity index (χ2v) is 10.5. The van der Waals surface area contributed by atoms with E-state index < -0.39 is 10.0 Å². The molecular formula is C26H23N7O3S2. The van der Waals surface area contributed by atoms with E-state index in [2.05, 4.69) is 25.3 Å². The van der Waals surface area contributed by atoms with E-state index in [1.165, 1.54) is 18.3 Å². The lowest BCUT2D eigenvalue weighted by Crippen LogP contribution is -2.25. The summed E-state index contributed by atoms with van der Waals surface area (Å²) in [4.78, 5) is 21.7. The number of anilines is 3. The summed E-state index contributed by atoms with van der Waals surface area (Å²) in [6.45, 7) is 1.82. The lowest BCUT2D eigenvalue weighted by Gasteiger charge is -2.11. The Hall–Kier alpha value is -4.55. The predicted octanol–water partition coefficient (Wildman–Crippen LogP) is 4.04. The van der Waals surface area contributed by atoms with Crippen molar-refractivity contribution in [1.29, 1.82) is 0 Å². The summed E-state index contributed by atoms with van der Waals surface area (Å²) in [5.41, 5.74) is 3.32. The van der Waals surface area contributed by atoms with Crippen molar-refractivity contribution in [3.05, 3.63) is 101 Å². The van der Waals surface area contributed by atoms with Crippen molar-refractivity contribution in [3.8, 4) is 5.69 Å². The molecule has 0 saturated carbocycles. The Morgan fingerprint density at radius 2 is 1.55 bits per heavy atom. The van der Waals surface area contributed by atoms with E-state index in [0.29, 0.717) is 28.1 Å². The van der Waals surface area contributed by atoms with Gasteiger partial charge in [0.15, 0.2) is 10.9 Å². The highest BCUT2D eigenvalue weighted by molar-refractivity contribution is 7.92. The Balaban J connectivity index is 1.29. The first-order chi connectivity index (χ1) is 18.2. The fourth-order valence-corrected chi connectivity index (χ4v) is 5.11. The van der Waals surface area contributed by atoms with Crippen LogP contribution in [0.25, 0.3) is 16.7 Å². The summed E-state index contributed by atoms with van der Waals surface area (Å²) in [5.74, 6) is 0.121. The summed E-state index contributed by atoms with van der Waals surface area (Å²) >= 11 is 5.41. The lowest BCUT2D eigenvalue weighted by molar-refractivity contribution is 0.601. The average Bonchev–Trinajstić information content (AvgIpc) is 3.12. The molecule has 10 nitrogen and oxygen atoms in total. The maximum absolute atomic E-state index is 13.1. The molecule has 0 unspecified atom stereocenters. The molecule has 5 rings (SSSR count). The van der Waals surface area contributed by atoms with Gasteiger partial charge in [-0.25, -0.2) is 18.1 Å². The predicted molar refractivity (Wildman–Crippen MR) is 152 cm³/mol. The molecule has 2 heterocycles. The fourth-order valence-electron chi connectivity index (χ4n) is 3.91. The normalized spacial score (nSPS) is 11.3. The highest BCUT2D eigenvalue weighted by Crippen LogP contribution is 2.19. The molecule has 0 aliphatic carbocycles. The van der Waals surface area contributed by atoms with Crippen molar-refractivity contribution < 1.29 is 8.42 Å². The Kier molecular flexibility index (Phi) is 6.66. The third-order valence-corrected chi connectivity index (χ3v) is 7.48. The van der Waals surface area contributed by atoms with Gasteiger partial charge in [-0.1, -0.05) is 30.3 Å². The minimum absolute atomic E-state index is 0.0431. The van der Waals surface area contributed by atoms with Crippen molar-refractivity contribution in [2.45, 2.75) is 11.8 Å². The van der Waals surface area contributed by atoms with Gasteiger partial charge in [0, 0.05) is 12.7 Å². The minimum Gasteiger partial charge on any atom is -0.332 e. The van der Waals surface area contributed by atoms with Gasteiger partial charge in [-0.05, 0) is 67.7 Å². The summed E-state index contributed by atoms with van der Waals surface area (Å²) in [6, 6.07) is 22.5. The van der Waals surface area contributed by atoms with Crippen LogP contribution in [0.2, 0.25) is 0 Å². The molecule has 0 radical (unpaired) electrons. The zero-order valence-corrected chi connectivity index (χ0v) is 22.0. The molecule has 0 bridgehead atoms. The highest BCUT2D eigenvalue weighted by atomic mass is 32.2. The largest absolute Gasteiger partial charge is 0.332 e. The molecule has 3 aromatic carbocycles. The monoisotopic (exact) mass is 545 g/mol. The summed E-state index contributed by atoms with van der Waals surface area (Å²) < 4.78 is 31.5. The maximum atomic E-state index is 13.1. The first kappa shape index (κ1) is 25.1. The molecule has 12 heteroatoms. The van der Waals surface area contributed by atoms with Gasteiger partial charge in [-0.15, -0.1) is 0 Å². The van der Waals surface area contributed by atoms with Gasteiger partial charge in [0.2, 0.25) is 0 Å². The highest BCUT2D eigenvalue weighted by Gasteiger charge is 2.18. The molecule has 38 heavy (non-hydrogen) atoms. The fraction of sp³-hybridized carbons (Fsp3) is 0.0769. The number of fused-ring (bicyclic) bond motifs is 1. The third-order valence-electron chi connectivity index (χ3n) is 5.90. The van der Waals surface area contributed by atoms with Crippen LogP contribution in [0.3, 0.4) is 0 Å². The van der Waals surface area contributed by atoms with Crippen LogP contribution in [0, 0.1) is 6.92 Å². The Morgan fingerprint density at radius 1 is 0.895 bits per heavy atom. The molecule has 0 atom stereocenters. The van der Waals surface area contributed by atoms with Crippen LogP contribution in [0.5, 0.6) is 0 Å². The quantitative estimate of drug-likeness (QED) is 0.273. The Morgan fingerprint density at radius 3 is 2.26 bits per heavy atom. The standard InChI is InChI=1S/C26H23N7O3S2/c1-17-24(25(34)33(32(17)2)19-8-4-3-5-9-19)30-26(37)28-18-12-14-20(15-13-18)38(35,36)31-23-16-27-21-10-6-7-11-22(21)29-23/h3-16H,1-2H3,(H,29,31)(H2,28,30,37). The van der Waals surface area contributed by atoms with Crippen molar-refractivity contribution in [1.82, 2.24) is 19.3 Å². The SMILES string of the molecule is Cc1c(NC(=S)Nc2ccc(S(=O)(=O)Nc3cnc4ccccc4n3)cc2)c(=O)n(-c2ccccc2)n1C. The van der Waals surface area contributed by atoms with Crippen LogP contribution in [0.1, 0.15) is 5.69 Å². The summed E-state index contributed by atoms with van der Waals surface area (Å²) in [7, 11) is -2.10. The van der Waals surface area contributed by atoms with Crippen molar-refractivity contribution in [2.75, 3.05) is 15.4 Å². The smallest absolute Gasteiger partial charge is 0.295 e. The maximum Gasteiger partial charge on any atom is 0.295 e. The van der Waals surface area contributed by atoms with E-state index in [4.69, 9.17) is 12.2 Å². The number of para-hydroxylation sites is 3. The van der Waals surface area contributed by atoms with Crippen LogP contribution in [0.15, 0.2) is 94.7 Å². The lowest BCUT2D eigenvalue weighted by atomic mass is 10.3. The zero-order valence-electron chi connectivity index (χ0n) is 20.4. The molecule has 0 amide bonds. The van der Waals surface area contributed by atoms with E-state index in [1.807, 2.05) is 43.3 Å². The molecule has 0 saturated heterocycles. The first-order valence-corrected chi connectivity index (χ1v) is 13.4. The van der Waals surface area contributed by atoms with Gasteiger partial charge in [0.25, 0.3) is 15.6 Å². The zero-order chi connectivity index (χ0) is 26.9. The van der Waals surface area contributed by atoms with Crippen LogP contribution in [0.4, 0.5) is 17.2 Å². The topological polar surface area (TPSA) is 123 Å². The van der Waals surface area contributed by atoms with Crippen molar-refractivity contribution >= 4 is 55.6 Å². The number of hydrogen-bond acceptors (Lipinski definition) is 6. The van der Waals surface area contributed by atoms with E-state index in [9.17, 15) is 13.2 Å². The van der Waals surface area contributed by atoms with E-state index in [1.54, 1.807) is 46.7 Å². The number of rotatable bonds is 6. The van der Waals surface area contributed by atoms with Crippen molar-refractivity contribution in [3.63, 3.8) is 0 Å². The molecule has 0 aliphatic rings. The second kappa shape index (κ2) is 10.1. The van der Waals surface area contributed by atoms with Crippen molar-refractivity contribution in [2.24, 2.45) is 7.05 Å². The van der Waals surface area contributed by atoms with Gasteiger partial charge in [0.05, 0.1) is 33.5 Å². The number of nitrogens with one attached hydrogen (secondary N) is 3. The number of nitrogens with zero attached hydrogens (tertiary/aromatic N) is 4. The van der Waals surface area contributed by atoms with E-state index in [-0.39, 0.29) is 21.4 Å². The molecule has 3 N–H and O–H groups in total. The number of thiocarbonyl (C=S) groups is 1. The van der Waals surface area contributed by atoms with Gasteiger partial charge in [0.1, 0.15) is 5.69 Å². The molecule has 192 valence electrons. The van der Waals surface area contributed by atoms with Gasteiger partial charge in [-0.3, -0.25) is 19.2 Å². The number of aromatic nitrogens is 4. The van der Waals surface area contributed by atoms with E-state index >= 15 is 0 Å². The average molecular weight is 546 g/mol. The van der Waals surface area contributed by atoms with Gasteiger partial charge >= 0.3 is 0 Å².